The number of ether oxygens (including phenoxy) is 1. The van der Waals surface area contributed by atoms with Gasteiger partial charge >= 0.3 is 10.4 Å². The standard InChI is InChI=1S/C28H28N4O3.H2O4S/c33-26-20-32-19-23-16-24(13-14-25(23)29-28(32)30-26)35-15-7-12-27(34)31(17-21-8-3-1-4-9-21)18-22-10-5-2-6-11-22;1-5(2,3)4/h1-6,8-11,13-14,16H,7,12,15,17-20H2,(H,29,30,33);(H2,1,2,3,4). The van der Waals surface area contributed by atoms with Crippen molar-refractivity contribution in [3.05, 3.63) is 95.6 Å². The van der Waals surface area contributed by atoms with Crippen LogP contribution in [0.15, 0.2) is 83.9 Å². The van der Waals surface area contributed by atoms with E-state index < -0.39 is 10.4 Å². The number of fused-ring (bicyclic) bond motifs is 2. The summed E-state index contributed by atoms with van der Waals surface area (Å²) >= 11 is 0. The lowest BCUT2D eigenvalue weighted by Gasteiger charge is -2.24. The summed E-state index contributed by atoms with van der Waals surface area (Å²) in [7, 11) is -4.67. The van der Waals surface area contributed by atoms with Crippen LogP contribution in [0.4, 0.5) is 5.69 Å². The van der Waals surface area contributed by atoms with Crippen molar-refractivity contribution in [1.82, 2.24) is 15.1 Å². The minimum atomic E-state index is -4.67. The molecule has 0 aromatic heterocycles. The molecule has 1 saturated heterocycles. The maximum absolute atomic E-state index is 13.1. The topological polar surface area (TPSA) is 149 Å². The van der Waals surface area contributed by atoms with E-state index >= 15 is 0 Å². The molecule has 0 bridgehead atoms. The van der Waals surface area contributed by atoms with Gasteiger partial charge in [-0.3, -0.25) is 24.0 Å². The van der Waals surface area contributed by atoms with Crippen LogP contribution in [-0.4, -0.2) is 58.2 Å². The Labute approximate surface area is 232 Å². The molecule has 2 aliphatic rings. The fourth-order valence-corrected chi connectivity index (χ4v) is 4.34. The molecule has 2 amide bonds. The van der Waals surface area contributed by atoms with Crippen molar-refractivity contribution < 1.29 is 31.8 Å². The summed E-state index contributed by atoms with van der Waals surface area (Å²) in [5.74, 6) is 1.44. The molecule has 5 rings (SSSR count). The Morgan fingerprint density at radius 2 is 1.55 bits per heavy atom. The molecule has 40 heavy (non-hydrogen) atoms. The monoisotopic (exact) mass is 566 g/mol. The number of amides is 2. The van der Waals surface area contributed by atoms with E-state index in [0.29, 0.717) is 51.6 Å². The Kier molecular flexibility index (Phi) is 9.48. The predicted octanol–water partition coefficient (Wildman–Crippen LogP) is 3.35. The highest BCUT2D eigenvalue weighted by molar-refractivity contribution is 7.79. The van der Waals surface area contributed by atoms with Gasteiger partial charge in [0, 0.05) is 31.6 Å². The van der Waals surface area contributed by atoms with Crippen LogP contribution in [0.3, 0.4) is 0 Å². The second-order valence-electron chi connectivity index (χ2n) is 9.25. The summed E-state index contributed by atoms with van der Waals surface area (Å²) in [4.78, 5) is 33.1. The van der Waals surface area contributed by atoms with E-state index in [1.165, 1.54) is 0 Å². The minimum Gasteiger partial charge on any atom is -0.494 e. The average Bonchev–Trinajstić information content (AvgIpc) is 3.28. The molecule has 0 spiro atoms. The van der Waals surface area contributed by atoms with E-state index in [-0.39, 0.29) is 11.8 Å². The molecule has 1 fully saturated rings. The zero-order valence-corrected chi connectivity index (χ0v) is 22.5. The summed E-state index contributed by atoms with van der Waals surface area (Å²) in [6.45, 7) is 2.56. The maximum Gasteiger partial charge on any atom is 0.394 e. The molecule has 2 aliphatic heterocycles. The van der Waals surface area contributed by atoms with Gasteiger partial charge in [0.1, 0.15) is 12.3 Å². The van der Waals surface area contributed by atoms with Crippen molar-refractivity contribution >= 4 is 33.9 Å². The number of carbonyl (C=O) groups excluding carboxylic acids is 2. The quantitative estimate of drug-likeness (QED) is 0.264. The lowest BCUT2D eigenvalue weighted by atomic mass is 10.1. The Hall–Kier alpha value is -4.26. The number of guanidine groups is 1. The number of nitrogens with zero attached hydrogens (tertiary/aromatic N) is 3. The van der Waals surface area contributed by atoms with Gasteiger partial charge in [-0.25, -0.2) is 4.99 Å². The lowest BCUT2D eigenvalue weighted by molar-refractivity contribution is -0.132. The third kappa shape index (κ3) is 8.90. The van der Waals surface area contributed by atoms with Crippen molar-refractivity contribution in [1.29, 1.82) is 0 Å². The van der Waals surface area contributed by atoms with Gasteiger partial charge in [-0.2, -0.15) is 8.42 Å². The number of hydrogen-bond acceptors (Lipinski definition) is 7. The fraction of sp³-hybridized carbons (Fsp3) is 0.250. The number of benzene rings is 3. The van der Waals surface area contributed by atoms with Crippen molar-refractivity contribution in [3.8, 4) is 5.75 Å². The lowest BCUT2D eigenvalue weighted by Crippen LogP contribution is -2.32. The zero-order chi connectivity index (χ0) is 28.5. The van der Waals surface area contributed by atoms with Crippen molar-refractivity contribution in [2.45, 2.75) is 32.5 Å². The number of carbonyl (C=O) groups is 2. The third-order valence-electron chi connectivity index (χ3n) is 6.11. The Morgan fingerprint density at radius 1 is 0.950 bits per heavy atom. The molecule has 12 heteroatoms. The molecule has 0 saturated carbocycles. The molecule has 3 aromatic carbocycles. The third-order valence-corrected chi connectivity index (χ3v) is 6.11. The van der Waals surface area contributed by atoms with Crippen LogP contribution < -0.4 is 10.1 Å². The van der Waals surface area contributed by atoms with Crippen LogP contribution >= 0.6 is 0 Å². The smallest absolute Gasteiger partial charge is 0.394 e. The molecule has 0 aliphatic carbocycles. The molecular formula is C28H30N4O7S. The highest BCUT2D eigenvalue weighted by Gasteiger charge is 2.29. The van der Waals surface area contributed by atoms with Gasteiger partial charge in [0.25, 0.3) is 0 Å². The van der Waals surface area contributed by atoms with Crippen molar-refractivity contribution in [3.63, 3.8) is 0 Å². The molecule has 0 radical (unpaired) electrons. The second-order valence-corrected chi connectivity index (χ2v) is 10.1. The number of hydrogen-bond donors (Lipinski definition) is 3. The molecular weight excluding hydrogens is 536 g/mol. The number of nitrogens with one attached hydrogen (secondary N) is 1. The Bertz CT molecular complexity index is 1410. The molecule has 0 atom stereocenters. The van der Waals surface area contributed by atoms with Gasteiger partial charge in [0.15, 0.2) is 0 Å². The van der Waals surface area contributed by atoms with Crippen LogP contribution in [0.1, 0.15) is 29.5 Å². The summed E-state index contributed by atoms with van der Waals surface area (Å²) in [6.07, 6.45) is 1.04. The van der Waals surface area contributed by atoms with Crippen LogP contribution in [0, 0.1) is 0 Å². The van der Waals surface area contributed by atoms with Gasteiger partial charge in [0.05, 0.1) is 12.3 Å². The first-order valence-electron chi connectivity index (χ1n) is 12.6. The van der Waals surface area contributed by atoms with Gasteiger partial charge < -0.3 is 14.5 Å². The Balaban J connectivity index is 0.000000681. The first kappa shape index (κ1) is 28.7. The van der Waals surface area contributed by atoms with E-state index in [2.05, 4.69) is 10.3 Å². The highest BCUT2D eigenvalue weighted by atomic mass is 32.3. The predicted molar refractivity (Wildman–Crippen MR) is 148 cm³/mol. The van der Waals surface area contributed by atoms with Crippen LogP contribution in [0.25, 0.3) is 0 Å². The fourth-order valence-electron chi connectivity index (χ4n) is 4.34. The average molecular weight is 567 g/mol. The Morgan fingerprint density at radius 3 is 2.15 bits per heavy atom. The van der Waals surface area contributed by atoms with Crippen LogP contribution in [0.2, 0.25) is 0 Å². The molecule has 3 aromatic rings. The molecule has 0 unspecified atom stereocenters. The number of aliphatic imine (C=N–C) groups is 1. The summed E-state index contributed by atoms with van der Waals surface area (Å²) in [5.41, 5.74) is 4.10. The molecule has 210 valence electrons. The maximum atomic E-state index is 13.1. The van der Waals surface area contributed by atoms with Gasteiger partial charge in [-0.05, 0) is 35.7 Å². The van der Waals surface area contributed by atoms with Gasteiger partial charge in [0.2, 0.25) is 17.8 Å². The molecule has 2 heterocycles. The highest BCUT2D eigenvalue weighted by Crippen LogP contribution is 2.30. The van der Waals surface area contributed by atoms with Crippen LogP contribution in [-0.2, 0) is 39.6 Å². The zero-order valence-electron chi connectivity index (χ0n) is 21.6. The van der Waals surface area contributed by atoms with E-state index in [1.54, 1.807) is 0 Å². The summed E-state index contributed by atoms with van der Waals surface area (Å²) in [5, 5.41) is 2.77. The van der Waals surface area contributed by atoms with E-state index in [4.69, 9.17) is 22.3 Å². The van der Waals surface area contributed by atoms with Crippen molar-refractivity contribution in [2.75, 3.05) is 13.2 Å². The van der Waals surface area contributed by atoms with Gasteiger partial charge in [-0.1, -0.05) is 60.7 Å². The normalized spacial score (nSPS) is 13.7. The van der Waals surface area contributed by atoms with Crippen molar-refractivity contribution in [2.24, 2.45) is 4.99 Å². The minimum absolute atomic E-state index is 0.0359. The summed E-state index contributed by atoms with van der Waals surface area (Å²) < 4.78 is 37.5. The van der Waals surface area contributed by atoms with Gasteiger partial charge in [-0.15, -0.1) is 0 Å². The molecule has 11 nitrogen and oxygen atoms in total. The largest absolute Gasteiger partial charge is 0.494 e. The first-order valence-corrected chi connectivity index (χ1v) is 14.0. The first-order chi connectivity index (χ1) is 19.1. The van der Waals surface area contributed by atoms with E-state index in [1.807, 2.05) is 88.7 Å². The van der Waals surface area contributed by atoms with Crippen LogP contribution in [0.5, 0.6) is 5.75 Å². The number of rotatable bonds is 9. The molecule has 3 N–H and O–H groups in total. The van der Waals surface area contributed by atoms with E-state index in [0.717, 1.165) is 28.1 Å². The summed E-state index contributed by atoms with van der Waals surface area (Å²) in [6, 6.07) is 25.9. The second kappa shape index (κ2) is 13.2. The van der Waals surface area contributed by atoms with E-state index in [9.17, 15) is 9.59 Å². The SMILES string of the molecule is O=C1CN2Cc3cc(OCCCC(=O)N(Cc4ccccc4)Cc4ccccc4)ccc3N=C2N1.O=S(=O)(O)O.